The third-order valence-corrected chi connectivity index (χ3v) is 4.42. The van der Waals surface area contributed by atoms with Crippen molar-refractivity contribution in [1.29, 1.82) is 0 Å². The fraction of sp³-hybridized carbons (Fsp3) is 0.643. The van der Waals surface area contributed by atoms with Gasteiger partial charge in [0.15, 0.2) is 5.82 Å². The number of nitrogens with one attached hydrogen (secondary N) is 1. The molecule has 1 atom stereocenters. The summed E-state index contributed by atoms with van der Waals surface area (Å²) >= 11 is 1.57. The molecule has 0 bridgehead atoms. The van der Waals surface area contributed by atoms with Gasteiger partial charge in [-0.1, -0.05) is 0 Å². The van der Waals surface area contributed by atoms with Crippen molar-refractivity contribution in [2.24, 2.45) is 0 Å². The zero-order valence-electron chi connectivity index (χ0n) is 14.1. The molecule has 2 aromatic heterocycles. The van der Waals surface area contributed by atoms with Gasteiger partial charge in [-0.05, 0) is 45.2 Å². The largest absolute Gasteiger partial charge is 0.346 e. The molecular weight excluding hydrogens is 314 g/mol. The number of hydrogen-bond acceptors (Lipinski definition) is 7. The normalized spacial score (nSPS) is 12.8. The number of tetrazole rings is 1. The lowest BCUT2D eigenvalue weighted by Crippen LogP contribution is -2.32. The van der Waals surface area contributed by atoms with E-state index < -0.39 is 0 Å². The molecule has 0 radical (unpaired) electrons. The van der Waals surface area contributed by atoms with Gasteiger partial charge in [-0.2, -0.15) is 0 Å². The molecule has 0 fully saturated rings. The molecule has 1 N–H and O–H groups in total. The van der Waals surface area contributed by atoms with Crippen molar-refractivity contribution >= 4 is 17.2 Å². The Bertz CT molecular complexity index is 651. The van der Waals surface area contributed by atoms with Crippen molar-refractivity contribution in [1.82, 2.24) is 35.4 Å². The third-order valence-electron chi connectivity index (χ3n) is 3.63. The van der Waals surface area contributed by atoms with Crippen LogP contribution in [0.2, 0.25) is 0 Å². The van der Waals surface area contributed by atoms with Crippen molar-refractivity contribution in [3.05, 3.63) is 21.9 Å². The highest BCUT2D eigenvalue weighted by atomic mass is 32.1. The first-order valence-corrected chi connectivity index (χ1v) is 8.41. The first kappa shape index (κ1) is 17.5. The average Bonchev–Trinajstić information content (AvgIpc) is 3.08. The predicted molar refractivity (Wildman–Crippen MR) is 87.8 cm³/mol. The first-order valence-electron chi connectivity index (χ1n) is 7.53. The van der Waals surface area contributed by atoms with Gasteiger partial charge >= 0.3 is 0 Å². The van der Waals surface area contributed by atoms with Gasteiger partial charge < -0.3 is 5.32 Å². The number of thiazole rings is 1. The minimum Gasteiger partial charge on any atom is -0.346 e. The van der Waals surface area contributed by atoms with Crippen LogP contribution in [0.3, 0.4) is 0 Å². The van der Waals surface area contributed by atoms with Crippen molar-refractivity contribution in [3.63, 3.8) is 0 Å². The summed E-state index contributed by atoms with van der Waals surface area (Å²) in [5.74, 6) is 0.539. The van der Waals surface area contributed by atoms with Crippen LogP contribution in [0.1, 0.15) is 43.3 Å². The van der Waals surface area contributed by atoms with Crippen LogP contribution in [0, 0.1) is 6.92 Å². The fourth-order valence-corrected chi connectivity index (χ4v) is 2.65. The van der Waals surface area contributed by atoms with Crippen LogP contribution in [-0.4, -0.2) is 49.1 Å². The zero-order chi connectivity index (χ0) is 17.0. The van der Waals surface area contributed by atoms with Crippen LogP contribution in [-0.2, 0) is 17.9 Å². The molecule has 2 heterocycles. The molecule has 0 saturated heterocycles. The van der Waals surface area contributed by atoms with E-state index in [-0.39, 0.29) is 18.5 Å². The molecule has 0 aliphatic rings. The Morgan fingerprint density at radius 2 is 2.17 bits per heavy atom. The molecule has 0 spiro atoms. The lowest BCUT2D eigenvalue weighted by molar-refractivity contribution is -0.122. The van der Waals surface area contributed by atoms with Gasteiger partial charge in [0.25, 0.3) is 0 Å². The second-order valence-electron chi connectivity index (χ2n) is 5.84. The molecular formula is C14H23N7OS. The lowest BCUT2D eigenvalue weighted by atomic mass is 10.2. The maximum atomic E-state index is 12.2. The molecule has 2 rings (SSSR count). The zero-order valence-corrected chi connectivity index (χ0v) is 15.0. The van der Waals surface area contributed by atoms with E-state index >= 15 is 0 Å². The summed E-state index contributed by atoms with van der Waals surface area (Å²) in [5, 5.41) is 17.5. The summed E-state index contributed by atoms with van der Waals surface area (Å²) in [6, 6.07) is 0.243. The Labute approximate surface area is 139 Å². The molecule has 23 heavy (non-hydrogen) atoms. The van der Waals surface area contributed by atoms with E-state index in [0.29, 0.717) is 18.4 Å². The molecule has 1 amide bonds. The molecule has 0 aliphatic heterocycles. The van der Waals surface area contributed by atoms with E-state index in [9.17, 15) is 4.79 Å². The molecule has 1 unspecified atom stereocenters. The number of rotatable bonds is 7. The SMILES string of the molecule is Cc1nc(C(C)NC(=O)Cn2nnnc2CN(C)C(C)C)cs1. The maximum absolute atomic E-state index is 12.2. The van der Waals surface area contributed by atoms with Crippen molar-refractivity contribution in [2.75, 3.05) is 7.05 Å². The molecule has 9 heteroatoms. The Hall–Kier alpha value is -1.87. The minimum absolute atomic E-state index is 0.0989. The molecule has 8 nitrogen and oxygen atoms in total. The van der Waals surface area contributed by atoms with Gasteiger partial charge in [-0.3, -0.25) is 9.69 Å². The monoisotopic (exact) mass is 337 g/mol. The summed E-state index contributed by atoms with van der Waals surface area (Å²) in [6.07, 6.45) is 0. The van der Waals surface area contributed by atoms with Crippen LogP contribution in [0.15, 0.2) is 5.38 Å². The van der Waals surface area contributed by atoms with Gasteiger partial charge in [0, 0.05) is 11.4 Å². The average molecular weight is 337 g/mol. The molecule has 126 valence electrons. The molecule has 0 aliphatic carbocycles. The standard InChI is InChI=1S/C14H23N7OS/c1-9(2)20(5)6-13-17-18-19-21(13)7-14(22)15-10(3)12-8-23-11(4)16-12/h8-10H,6-7H2,1-5H3,(H,15,22). The topological polar surface area (TPSA) is 88.8 Å². The van der Waals surface area contributed by atoms with Gasteiger partial charge in [0.1, 0.15) is 6.54 Å². The summed E-state index contributed by atoms with van der Waals surface area (Å²) in [6.45, 7) is 8.75. The number of nitrogens with zero attached hydrogens (tertiary/aromatic N) is 6. The number of aryl methyl sites for hydroxylation is 1. The molecule has 0 aromatic carbocycles. The first-order chi connectivity index (χ1) is 10.9. The van der Waals surface area contributed by atoms with Crippen LogP contribution < -0.4 is 5.32 Å². The maximum Gasteiger partial charge on any atom is 0.242 e. The highest BCUT2D eigenvalue weighted by Crippen LogP contribution is 2.15. The van der Waals surface area contributed by atoms with Crippen LogP contribution >= 0.6 is 11.3 Å². The Balaban J connectivity index is 1.94. The smallest absolute Gasteiger partial charge is 0.242 e. The summed E-state index contributed by atoms with van der Waals surface area (Å²) in [7, 11) is 2.00. The fourth-order valence-electron chi connectivity index (χ4n) is 1.94. The summed E-state index contributed by atoms with van der Waals surface area (Å²) in [4.78, 5) is 18.7. The second kappa shape index (κ2) is 7.60. The van der Waals surface area contributed by atoms with E-state index in [0.717, 1.165) is 10.7 Å². The van der Waals surface area contributed by atoms with E-state index in [1.807, 2.05) is 26.3 Å². The minimum atomic E-state index is -0.135. The number of amides is 1. The van der Waals surface area contributed by atoms with Crippen LogP contribution in [0.5, 0.6) is 0 Å². The van der Waals surface area contributed by atoms with Gasteiger partial charge in [-0.15, -0.1) is 16.4 Å². The molecule has 2 aromatic rings. The number of hydrogen-bond donors (Lipinski definition) is 1. The number of carbonyl (C=O) groups excluding carboxylic acids is 1. The quantitative estimate of drug-likeness (QED) is 0.815. The summed E-state index contributed by atoms with van der Waals surface area (Å²) < 4.78 is 1.53. The van der Waals surface area contributed by atoms with Crippen molar-refractivity contribution < 1.29 is 4.79 Å². The Kier molecular flexibility index (Phi) is 5.78. The number of carbonyl (C=O) groups is 1. The van der Waals surface area contributed by atoms with Gasteiger partial charge in [-0.25, -0.2) is 9.67 Å². The van der Waals surface area contributed by atoms with E-state index in [1.165, 1.54) is 4.68 Å². The van der Waals surface area contributed by atoms with Gasteiger partial charge in [0.05, 0.1) is 23.3 Å². The van der Waals surface area contributed by atoms with E-state index in [1.54, 1.807) is 11.3 Å². The van der Waals surface area contributed by atoms with E-state index in [4.69, 9.17) is 0 Å². The van der Waals surface area contributed by atoms with Crippen molar-refractivity contribution in [3.8, 4) is 0 Å². The Morgan fingerprint density at radius 1 is 1.43 bits per heavy atom. The molecule has 0 saturated carbocycles. The van der Waals surface area contributed by atoms with Crippen LogP contribution in [0.4, 0.5) is 0 Å². The lowest BCUT2D eigenvalue weighted by Gasteiger charge is -2.20. The highest BCUT2D eigenvalue weighted by Gasteiger charge is 2.16. The summed E-state index contributed by atoms with van der Waals surface area (Å²) in [5.41, 5.74) is 0.873. The number of aromatic nitrogens is 5. The second-order valence-corrected chi connectivity index (χ2v) is 6.90. The van der Waals surface area contributed by atoms with E-state index in [2.05, 4.69) is 44.6 Å². The predicted octanol–water partition coefficient (Wildman–Crippen LogP) is 1.16. The van der Waals surface area contributed by atoms with Gasteiger partial charge in [0.2, 0.25) is 5.91 Å². The van der Waals surface area contributed by atoms with Crippen LogP contribution in [0.25, 0.3) is 0 Å². The van der Waals surface area contributed by atoms with Crippen molar-refractivity contribution in [2.45, 2.75) is 52.9 Å². The highest BCUT2D eigenvalue weighted by molar-refractivity contribution is 7.09. The Morgan fingerprint density at radius 3 is 2.78 bits per heavy atom. The third kappa shape index (κ3) is 4.80.